The lowest BCUT2D eigenvalue weighted by atomic mass is 10.0. The van der Waals surface area contributed by atoms with E-state index in [0.29, 0.717) is 11.1 Å². The van der Waals surface area contributed by atoms with Crippen LogP contribution in [-0.4, -0.2) is 39.5 Å². The highest BCUT2D eigenvalue weighted by molar-refractivity contribution is 7.89. The number of aryl methyl sites for hydroxylation is 2. The van der Waals surface area contributed by atoms with E-state index in [1.165, 1.54) is 0 Å². The highest BCUT2D eigenvalue weighted by atomic mass is 32.2. The van der Waals surface area contributed by atoms with Crippen molar-refractivity contribution in [1.29, 1.82) is 0 Å². The fraction of sp³-hybridized carbons (Fsp3) is 0.556. The van der Waals surface area contributed by atoms with Crippen LogP contribution in [0.15, 0.2) is 11.0 Å². The maximum absolute atomic E-state index is 12.6. The van der Waals surface area contributed by atoms with Gasteiger partial charge in [-0.05, 0) is 62.8 Å². The van der Waals surface area contributed by atoms with Crippen molar-refractivity contribution in [3.63, 3.8) is 0 Å². The van der Waals surface area contributed by atoms with Crippen LogP contribution in [0.2, 0.25) is 0 Å². The molecule has 144 valence electrons. The molecule has 7 nitrogen and oxygen atoms in total. The van der Waals surface area contributed by atoms with Crippen molar-refractivity contribution in [3.05, 3.63) is 28.3 Å². The molecule has 2 N–H and O–H groups in total. The molecule has 0 spiro atoms. The minimum Gasteiger partial charge on any atom is -0.456 e. The first kappa shape index (κ1) is 20.4. The highest BCUT2D eigenvalue weighted by Gasteiger charge is 2.24. The number of benzene rings is 1. The van der Waals surface area contributed by atoms with Gasteiger partial charge in [-0.3, -0.25) is 9.59 Å². The predicted molar refractivity (Wildman–Crippen MR) is 97.3 cm³/mol. The number of nitrogens with one attached hydrogen (secondary N) is 2. The number of hydrogen-bond acceptors (Lipinski definition) is 5. The Morgan fingerprint density at radius 3 is 2.23 bits per heavy atom. The summed E-state index contributed by atoms with van der Waals surface area (Å²) in [5.41, 5.74) is 3.18. The van der Waals surface area contributed by atoms with Gasteiger partial charge >= 0.3 is 5.97 Å². The van der Waals surface area contributed by atoms with E-state index >= 15 is 0 Å². The second-order valence-electron chi connectivity index (χ2n) is 6.74. The van der Waals surface area contributed by atoms with Crippen LogP contribution in [0.4, 0.5) is 0 Å². The van der Waals surface area contributed by atoms with Gasteiger partial charge in [0, 0.05) is 12.6 Å². The third kappa shape index (κ3) is 5.28. The minimum absolute atomic E-state index is 0.0860. The number of carbonyl (C=O) groups excluding carboxylic acids is 2. The molecular weight excluding hydrogens is 356 g/mol. The van der Waals surface area contributed by atoms with Crippen LogP contribution in [0.3, 0.4) is 0 Å². The van der Waals surface area contributed by atoms with Crippen molar-refractivity contribution >= 4 is 21.9 Å². The molecule has 0 aliphatic heterocycles. The Labute approximate surface area is 154 Å². The molecule has 0 heterocycles. The topological polar surface area (TPSA) is 102 Å². The van der Waals surface area contributed by atoms with E-state index in [0.717, 1.165) is 24.0 Å². The molecule has 0 unspecified atom stereocenters. The fourth-order valence-corrected chi connectivity index (χ4v) is 4.30. The van der Waals surface area contributed by atoms with E-state index < -0.39 is 16.0 Å². The zero-order valence-electron chi connectivity index (χ0n) is 15.6. The number of hydrogen-bond donors (Lipinski definition) is 2. The molecule has 1 aromatic carbocycles. The Morgan fingerprint density at radius 2 is 1.69 bits per heavy atom. The second kappa shape index (κ2) is 8.18. The smallest absolute Gasteiger partial charge is 0.307 e. The van der Waals surface area contributed by atoms with Crippen LogP contribution in [0.5, 0.6) is 0 Å². The Morgan fingerprint density at radius 1 is 1.12 bits per heavy atom. The molecule has 8 heteroatoms. The van der Waals surface area contributed by atoms with Crippen LogP contribution in [-0.2, 0) is 24.3 Å². The summed E-state index contributed by atoms with van der Waals surface area (Å²) >= 11 is 0. The number of carbonyl (C=O) groups is 2. The van der Waals surface area contributed by atoms with E-state index in [4.69, 9.17) is 4.74 Å². The van der Waals surface area contributed by atoms with Crippen molar-refractivity contribution in [3.8, 4) is 0 Å². The van der Waals surface area contributed by atoms with Crippen molar-refractivity contribution in [2.45, 2.75) is 57.9 Å². The summed E-state index contributed by atoms with van der Waals surface area (Å²) in [5, 5.41) is 2.71. The largest absolute Gasteiger partial charge is 0.456 e. The van der Waals surface area contributed by atoms with Crippen LogP contribution < -0.4 is 10.0 Å². The van der Waals surface area contributed by atoms with Gasteiger partial charge in [0.15, 0.2) is 6.61 Å². The van der Waals surface area contributed by atoms with E-state index in [1.54, 1.807) is 13.8 Å². The van der Waals surface area contributed by atoms with E-state index in [9.17, 15) is 18.0 Å². The third-order valence-electron chi connectivity index (χ3n) is 4.49. The van der Waals surface area contributed by atoms with Gasteiger partial charge in [0.05, 0.1) is 11.3 Å². The SMILES string of the molecule is Cc1cc(C)c(C)c(S(=O)(=O)NCCC(=O)OCC(=O)NC2CC2)c1C. The van der Waals surface area contributed by atoms with Crippen LogP contribution in [0, 0.1) is 27.7 Å². The first-order valence-electron chi connectivity index (χ1n) is 8.64. The summed E-state index contributed by atoms with van der Waals surface area (Å²) in [5.74, 6) is -0.949. The summed E-state index contributed by atoms with van der Waals surface area (Å²) in [7, 11) is -3.74. The summed E-state index contributed by atoms with van der Waals surface area (Å²) < 4.78 is 32.5. The average Bonchev–Trinajstić information content (AvgIpc) is 3.35. The van der Waals surface area contributed by atoms with Crippen molar-refractivity contribution in [2.75, 3.05) is 13.2 Å². The third-order valence-corrected chi connectivity index (χ3v) is 6.23. The Bertz CT molecular complexity index is 787. The van der Waals surface area contributed by atoms with Gasteiger partial charge in [-0.15, -0.1) is 0 Å². The van der Waals surface area contributed by atoms with Gasteiger partial charge in [-0.1, -0.05) is 6.07 Å². The zero-order valence-corrected chi connectivity index (χ0v) is 16.5. The van der Waals surface area contributed by atoms with E-state index in [1.807, 2.05) is 19.9 Å². The maximum Gasteiger partial charge on any atom is 0.307 e. The van der Waals surface area contributed by atoms with Gasteiger partial charge in [0.2, 0.25) is 10.0 Å². The highest BCUT2D eigenvalue weighted by Crippen LogP contribution is 2.25. The molecule has 1 amide bonds. The van der Waals surface area contributed by atoms with Crippen LogP contribution in [0.1, 0.15) is 41.5 Å². The normalized spacial score (nSPS) is 14.2. The number of sulfonamides is 1. The van der Waals surface area contributed by atoms with Gasteiger partial charge in [-0.25, -0.2) is 13.1 Å². The quantitative estimate of drug-likeness (QED) is 0.662. The molecule has 1 saturated carbocycles. The van der Waals surface area contributed by atoms with Crippen molar-refractivity contribution < 1.29 is 22.7 Å². The Kier molecular flexibility index (Phi) is 6.41. The van der Waals surface area contributed by atoms with Gasteiger partial charge in [0.1, 0.15) is 0 Å². The van der Waals surface area contributed by atoms with Crippen molar-refractivity contribution in [1.82, 2.24) is 10.0 Å². The Balaban J connectivity index is 1.88. The lowest BCUT2D eigenvalue weighted by molar-refractivity contribution is -0.148. The molecule has 0 radical (unpaired) electrons. The molecule has 0 saturated heterocycles. The predicted octanol–water partition coefficient (Wildman–Crippen LogP) is 1.41. The Hall–Kier alpha value is -1.93. The van der Waals surface area contributed by atoms with Crippen molar-refractivity contribution in [2.24, 2.45) is 0 Å². The second-order valence-corrected chi connectivity index (χ2v) is 8.44. The summed E-state index contributed by atoms with van der Waals surface area (Å²) in [6.07, 6.45) is 1.77. The molecule has 0 bridgehead atoms. The first-order valence-corrected chi connectivity index (χ1v) is 10.1. The molecule has 0 aromatic heterocycles. The lowest BCUT2D eigenvalue weighted by Crippen LogP contribution is -2.32. The number of ether oxygens (including phenoxy) is 1. The first-order chi connectivity index (χ1) is 12.1. The van der Waals surface area contributed by atoms with Gasteiger partial charge in [-0.2, -0.15) is 0 Å². The van der Waals surface area contributed by atoms with Gasteiger partial charge in [0.25, 0.3) is 5.91 Å². The van der Waals surface area contributed by atoms with Crippen LogP contribution >= 0.6 is 0 Å². The minimum atomic E-state index is -3.74. The summed E-state index contributed by atoms with van der Waals surface area (Å²) in [6, 6.07) is 2.16. The standard InChI is InChI=1S/C18H26N2O5S/c1-11-9-12(2)14(4)18(13(11)3)26(23,24)19-8-7-17(22)25-10-16(21)20-15-5-6-15/h9,15,19H,5-8,10H2,1-4H3,(H,20,21). The number of esters is 1. The fourth-order valence-electron chi connectivity index (χ4n) is 2.66. The summed E-state index contributed by atoms with van der Waals surface area (Å²) in [4.78, 5) is 23.4. The zero-order chi connectivity index (χ0) is 19.5. The number of rotatable bonds is 8. The molecule has 0 atom stereocenters. The maximum atomic E-state index is 12.6. The monoisotopic (exact) mass is 382 g/mol. The molecule has 1 aromatic rings. The molecule has 1 aliphatic rings. The van der Waals surface area contributed by atoms with E-state index in [-0.39, 0.29) is 36.4 Å². The molecule has 1 aliphatic carbocycles. The molecule has 1 fully saturated rings. The molecular formula is C18H26N2O5S. The lowest BCUT2D eigenvalue weighted by Gasteiger charge is -2.16. The molecule has 2 rings (SSSR count). The van der Waals surface area contributed by atoms with Crippen LogP contribution in [0.25, 0.3) is 0 Å². The molecule has 26 heavy (non-hydrogen) atoms. The summed E-state index contributed by atoms with van der Waals surface area (Å²) in [6.45, 7) is 6.84. The van der Waals surface area contributed by atoms with Gasteiger partial charge < -0.3 is 10.1 Å². The average molecular weight is 382 g/mol. The number of amides is 1. The van der Waals surface area contributed by atoms with E-state index in [2.05, 4.69) is 10.0 Å².